The number of nitrogens with one attached hydrogen (secondary N) is 1. The Labute approximate surface area is 83.0 Å². The molecule has 0 heterocycles. The van der Waals surface area contributed by atoms with Crippen molar-refractivity contribution in [3.63, 3.8) is 0 Å². The van der Waals surface area contributed by atoms with Gasteiger partial charge in [0.15, 0.2) is 0 Å². The normalized spacial score (nSPS) is 12.5. The maximum absolute atomic E-state index is 11.3. The molecule has 4 nitrogen and oxygen atoms in total. The molecule has 0 fully saturated rings. The summed E-state index contributed by atoms with van der Waals surface area (Å²) < 4.78 is 4.79. The van der Waals surface area contributed by atoms with Gasteiger partial charge in [-0.2, -0.15) is 0 Å². The molecule has 0 aromatic heterocycles. The Morgan fingerprint density at radius 2 is 2.38 bits per heavy atom. The van der Waals surface area contributed by atoms with E-state index in [2.05, 4.69) is 5.32 Å². The minimum Gasteiger partial charge on any atom is -0.396 e. The molecule has 13 heavy (non-hydrogen) atoms. The summed E-state index contributed by atoms with van der Waals surface area (Å²) in [6.07, 6.45) is 0. The van der Waals surface area contributed by atoms with Gasteiger partial charge in [0, 0.05) is 19.4 Å². The van der Waals surface area contributed by atoms with Crippen LogP contribution in [0.2, 0.25) is 0 Å². The van der Waals surface area contributed by atoms with Gasteiger partial charge in [-0.15, -0.1) is 11.8 Å². The lowest BCUT2D eigenvalue weighted by molar-refractivity contribution is -0.120. The Balaban J connectivity index is 3.45. The average Bonchev–Trinajstić information content (AvgIpc) is 2.14. The van der Waals surface area contributed by atoms with Crippen LogP contribution in [0.5, 0.6) is 0 Å². The number of methoxy groups -OCH3 is 1. The first-order valence-electron chi connectivity index (χ1n) is 4.21. The van der Waals surface area contributed by atoms with Crippen molar-refractivity contribution in [3.05, 3.63) is 0 Å². The van der Waals surface area contributed by atoms with Gasteiger partial charge in [-0.25, -0.2) is 0 Å². The van der Waals surface area contributed by atoms with Gasteiger partial charge >= 0.3 is 0 Å². The molecular formula is C8H17NO3S. The van der Waals surface area contributed by atoms with E-state index in [-0.39, 0.29) is 17.8 Å². The zero-order valence-corrected chi connectivity index (χ0v) is 8.89. The molecule has 2 N–H and O–H groups in total. The molecule has 0 bridgehead atoms. The van der Waals surface area contributed by atoms with Crippen LogP contribution < -0.4 is 5.32 Å². The van der Waals surface area contributed by atoms with Crippen LogP contribution in [0.4, 0.5) is 0 Å². The maximum atomic E-state index is 11.3. The molecule has 0 radical (unpaired) electrons. The van der Waals surface area contributed by atoms with Crippen LogP contribution in [0.1, 0.15) is 6.92 Å². The number of aliphatic hydroxyl groups is 1. The molecule has 0 saturated heterocycles. The monoisotopic (exact) mass is 207 g/mol. The molecule has 0 aromatic rings. The van der Waals surface area contributed by atoms with Gasteiger partial charge in [0.1, 0.15) is 0 Å². The number of carbonyl (C=O) groups excluding carboxylic acids is 1. The molecule has 0 rings (SSSR count). The summed E-state index contributed by atoms with van der Waals surface area (Å²) in [6.45, 7) is 3.01. The smallest absolute Gasteiger partial charge is 0.232 e. The second-order valence-corrected chi connectivity index (χ2v) is 3.97. The van der Waals surface area contributed by atoms with Gasteiger partial charge in [0.05, 0.1) is 18.5 Å². The van der Waals surface area contributed by atoms with Crippen LogP contribution in [0.25, 0.3) is 0 Å². The highest BCUT2D eigenvalue weighted by Crippen LogP contribution is 2.08. The number of amides is 1. The third-order valence-corrected chi connectivity index (χ3v) is 2.57. The third kappa shape index (κ3) is 6.86. The lowest BCUT2D eigenvalue weighted by Gasteiger charge is -2.10. The van der Waals surface area contributed by atoms with Gasteiger partial charge in [-0.1, -0.05) is 0 Å². The minimum atomic E-state index is -0.107. The molecular weight excluding hydrogens is 190 g/mol. The summed E-state index contributed by atoms with van der Waals surface area (Å²) in [7, 11) is 1.59. The first-order valence-corrected chi connectivity index (χ1v) is 5.26. The predicted octanol–water partition coefficient (Wildman–Crippen LogP) is -0.137. The average molecular weight is 207 g/mol. The number of hydrogen-bond donors (Lipinski definition) is 2. The standard InChI is InChI=1S/C8H17NO3S/c1-7(13-6-4-10)8(11)9-3-5-12-2/h7,10H,3-6H2,1-2H3,(H,9,11). The number of hydrogen-bond acceptors (Lipinski definition) is 4. The van der Waals surface area contributed by atoms with E-state index in [1.807, 2.05) is 6.92 Å². The Morgan fingerprint density at radius 1 is 1.69 bits per heavy atom. The second kappa shape index (κ2) is 8.34. The second-order valence-electron chi connectivity index (χ2n) is 2.52. The molecule has 0 saturated carbocycles. The highest BCUT2D eigenvalue weighted by molar-refractivity contribution is 8.00. The van der Waals surface area contributed by atoms with Crippen LogP contribution in [-0.2, 0) is 9.53 Å². The molecule has 1 unspecified atom stereocenters. The molecule has 0 aliphatic heterocycles. The first-order chi connectivity index (χ1) is 6.22. The van der Waals surface area contributed by atoms with E-state index >= 15 is 0 Å². The van der Waals surface area contributed by atoms with E-state index in [0.29, 0.717) is 18.9 Å². The summed E-state index contributed by atoms with van der Waals surface area (Å²) >= 11 is 1.44. The topological polar surface area (TPSA) is 58.6 Å². The van der Waals surface area contributed by atoms with Crippen molar-refractivity contribution in [1.29, 1.82) is 0 Å². The van der Waals surface area contributed by atoms with Crippen molar-refractivity contribution < 1.29 is 14.6 Å². The quantitative estimate of drug-likeness (QED) is 0.571. The SMILES string of the molecule is COCCNC(=O)C(C)SCCO. The molecule has 1 atom stereocenters. The molecule has 0 spiro atoms. The minimum absolute atomic E-state index is 0.00417. The van der Waals surface area contributed by atoms with Crippen molar-refractivity contribution in [2.75, 3.05) is 32.6 Å². The lowest BCUT2D eigenvalue weighted by atomic mass is 10.4. The van der Waals surface area contributed by atoms with E-state index in [1.165, 1.54) is 11.8 Å². The van der Waals surface area contributed by atoms with Gasteiger partial charge in [-0.3, -0.25) is 4.79 Å². The number of aliphatic hydroxyl groups excluding tert-OH is 1. The zero-order valence-electron chi connectivity index (χ0n) is 8.08. The maximum Gasteiger partial charge on any atom is 0.232 e. The van der Waals surface area contributed by atoms with Gasteiger partial charge < -0.3 is 15.2 Å². The molecule has 5 heteroatoms. The summed E-state index contributed by atoms with van der Waals surface area (Å²) in [4.78, 5) is 11.3. The summed E-state index contributed by atoms with van der Waals surface area (Å²) in [5.74, 6) is 0.592. The third-order valence-electron chi connectivity index (χ3n) is 1.43. The molecule has 78 valence electrons. The van der Waals surface area contributed by atoms with Crippen LogP contribution in [0.15, 0.2) is 0 Å². The lowest BCUT2D eigenvalue weighted by Crippen LogP contribution is -2.33. The van der Waals surface area contributed by atoms with Gasteiger partial charge in [0.2, 0.25) is 5.91 Å². The Morgan fingerprint density at radius 3 is 2.92 bits per heavy atom. The molecule has 0 aromatic carbocycles. The fourth-order valence-electron chi connectivity index (χ4n) is 0.725. The van der Waals surface area contributed by atoms with Crippen molar-refractivity contribution in [2.45, 2.75) is 12.2 Å². The van der Waals surface area contributed by atoms with Crippen LogP contribution in [0, 0.1) is 0 Å². The number of rotatable bonds is 7. The predicted molar refractivity (Wildman–Crippen MR) is 53.9 cm³/mol. The van der Waals surface area contributed by atoms with Crippen molar-refractivity contribution in [3.8, 4) is 0 Å². The fourth-order valence-corrected chi connectivity index (χ4v) is 1.42. The van der Waals surface area contributed by atoms with E-state index in [0.717, 1.165) is 0 Å². The van der Waals surface area contributed by atoms with E-state index in [4.69, 9.17) is 9.84 Å². The zero-order chi connectivity index (χ0) is 10.1. The largest absolute Gasteiger partial charge is 0.396 e. The van der Waals surface area contributed by atoms with Crippen molar-refractivity contribution in [2.24, 2.45) is 0 Å². The highest BCUT2D eigenvalue weighted by atomic mass is 32.2. The Hall–Kier alpha value is -0.260. The molecule has 0 aliphatic carbocycles. The Bertz CT molecular complexity index is 143. The van der Waals surface area contributed by atoms with Gasteiger partial charge in [-0.05, 0) is 6.92 Å². The van der Waals surface area contributed by atoms with E-state index < -0.39 is 0 Å². The molecule has 0 aliphatic rings. The van der Waals surface area contributed by atoms with Crippen LogP contribution in [0.3, 0.4) is 0 Å². The number of carbonyl (C=O) groups is 1. The summed E-state index contributed by atoms with van der Waals surface area (Å²) in [6, 6.07) is 0. The van der Waals surface area contributed by atoms with E-state index in [9.17, 15) is 4.79 Å². The first kappa shape index (κ1) is 12.7. The van der Waals surface area contributed by atoms with Crippen molar-refractivity contribution in [1.82, 2.24) is 5.32 Å². The number of ether oxygens (including phenoxy) is 1. The number of thioether (sulfide) groups is 1. The Kier molecular flexibility index (Phi) is 8.18. The van der Waals surface area contributed by atoms with Crippen LogP contribution in [-0.4, -0.2) is 48.9 Å². The molecule has 1 amide bonds. The summed E-state index contributed by atoms with van der Waals surface area (Å²) in [5.41, 5.74) is 0. The highest BCUT2D eigenvalue weighted by Gasteiger charge is 2.11. The van der Waals surface area contributed by atoms with Gasteiger partial charge in [0.25, 0.3) is 0 Å². The van der Waals surface area contributed by atoms with Crippen LogP contribution >= 0.6 is 11.8 Å². The van der Waals surface area contributed by atoms with Crippen molar-refractivity contribution >= 4 is 17.7 Å². The fraction of sp³-hybridized carbons (Fsp3) is 0.875. The summed E-state index contributed by atoms with van der Waals surface area (Å²) in [5, 5.41) is 11.2. The van der Waals surface area contributed by atoms with E-state index in [1.54, 1.807) is 7.11 Å².